The Morgan fingerprint density at radius 1 is 1.32 bits per heavy atom. The van der Waals surface area contributed by atoms with Gasteiger partial charge in [0.05, 0.1) is 19.8 Å². The van der Waals surface area contributed by atoms with Gasteiger partial charge in [0.15, 0.2) is 5.96 Å². The summed E-state index contributed by atoms with van der Waals surface area (Å²) in [5.41, 5.74) is 2.90. The zero-order valence-electron chi connectivity index (χ0n) is 15.9. The average molecular weight is 345 g/mol. The quantitative estimate of drug-likeness (QED) is 0.671. The number of rotatable bonds is 4. The molecule has 2 unspecified atom stereocenters. The molecule has 2 aliphatic rings. The average Bonchev–Trinajstić information content (AvgIpc) is 2.65. The third kappa shape index (κ3) is 4.53. The highest BCUT2D eigenvalue weighted by Crippen LogP contribution is 2.18. The minimum atomic E-state index is 0.435. The van der Waals surface area contributed by atoms with Crippen LogP contribution in [0.15, 0.2) is 29.3 Å². The lowest BCUT2D eigenvalue weighted by atomic mass is 10.0. The van der Waals surface area contributed by atoms with Crippen LogP contribution in [0, 0.1) is 0 Å². The van der Waals surface area contributed by atoms with Crippen molar-refractivity contribution in [3.05, 3.63) is 35.4 Å². The van der Waals surface area contributed by atoms with Gasteiger partial charge in [0, 0.05) is 38.3 Å². The Labute approximate surface area is 152 Å². The summed E-state index contributed by atoms with van der Waals surface area (Å²) >= 11 is 0. The van der Waals surface area contributed by atoms with E-state index in [9.17, 15) is 0 Å². The number of fused-ring (bicyclic) bond motifs is 1. The Hall–Kier alpha value is -1.59. The van der Waals surface area contributed by atoms with Gasteiger partial charge in [0.25, 0.3) is 0 Å². The fraction of sp³-hybridized carbons (Fsp3) is 0.650. The predicted molar refractivity (Wildman–Crippen MR) is 103 cm³/mol. The molecule has 0 aromatic heterocycles. The van der Waals surface area contributed by atoms with Crippen LogP contribution in [0.5, 0.6) is 0 Å². The molecule has 3 rings (SSSR count). The van der Waals surface area contributed by atoms with Gasteiger partial charge in [-0.25, -0.2) is 0 Å². The molecule has 5 heteroatoms. The van der Waals surface area contributed by atoms with Crippen LogP contribution in [0.1, 0.15) is 31.9 Å². The lowest BCUT2D eigenvalue weighted by Crippen LogP contribution is -2.50. The third-order valence-corrected chi connectivity index (χ3v) is 5.26. The summed E-state index contributed by atoms with van der Waals surface area (Å²) in [6, 6.07) is 9.67. The molecule has 0 bridgehead atoms. The smallest absolute Gasteiger partial charge is 0.194 e. The van der Waals surface area contributed by atoms with Gasteiger partial charge in [-0.05, 0) is 38.3 Å². The van der Waals surface area contributed by atoms with Crippen molar-refractivity contribution in [2.24, 2.45) is 4.99 Å². The molecule has 1 fully saturated rings. The van der Waals surface area contributed by atoms with E-state index < -0.39 is 0 Å². The van der Waals surface area contributed by atoms with Gasteiger partial charge in [-0.2, -0.15) is 0 Å². The van der Waals surface area contributed by atoms with Crippen molar-refractivity contribution >= 4 is 5.96 Å². The number of hydrogen-bond acceptors (Lipinski definition) is 3. The molecule has 2 atom stereocenters. The second kappa shape index (κ2) is 8.68. The standard InChI is InChI=1S/C20H32N4O/c1-4-21-20(22-13-16(2)24-11-12-25-15-17(24)3)23-10-9-18-7-5-6-8-19(18)14-23/h5-8,16-17H,4,9-15H2,1-3H3,(H,21,22). The van der Waals surface area contributed by atoms with Gasteiger partial charge in [0.2, 0.25) is 0 Å². The Kier molecular flexibility index (Phi) is 6.32. The van der Waals surface area contributed by atoms with E-state index in [1.807, 2.05) is 0 Å². The number of nitrogens with one attached hydrogen (secondary N) is 1. The zero-order valence-corrected chi connectivity index (χ0v) is 15.9. The van der Waals surface area contributed by atoms with Gasteiger partial charge in [0.1, 0.15) is 0 Å². The van der Waals surface area contributed by atoms with Crippen molar-refractivity contribution in [1.29, 1.82) is 0 Å². The Bertz CT molecular complexity index is 589. The summed E-state index contributed by atoms with van der Waals surface area (Å²) < 4.78 is 5.56. The van der Waals surface area contributed by atoms with E-state index in [2.05, 4.69) is 60.2 Å². The van der Waals surface area contributed by atoms with Crippen molar-refractivity contribution in [2.75, 3.05) is 39.4 Å². The number of morpholine rings is 1. The molecule has 2 heterocycles. The molecule has 0 spiro atoms. The van der Waals surface area contributed by atoms with Crippen molar-refractivity contribution in [3.63, 3.8) is 0 Å². The molecule has 0 saturated carbocycles. The van der Waals surface area contributed by atoms with E-state index in [1.165, 1.54) is 11.1 Å². The largest absolute Gasteiger partial charge is 0.379 e. The zero-order chi connectivity index (χ0) is 17.6. The lowest BCUT2D eigenvalue weighted by molar-refractivity contribution is -0.0166. The highest BCUT2D eigenvalue weighted by Gasteiger charge is 2.24. The van der Waals surface area contributed by atoms with Crippen LogP contribution in [0.25, 0.3) is 0 Å². The highest BCUT2D eigenvalue weighted by atomic mass is 16.5. The van der Waals surface area contributed by atoms with Crippen LogP contribution in [0.4, 0.5) is 0 Å². The maximum absolute atomic E-state index is 5.56. The van der Waals surface area contributed by atoms with E-state index >= 15 is 0 Å². The van der Waals surface area contributed by atoms with E-state index in [0.29, 0.717) is 12.1 Å². The SMILES string of the molecule is CCNC(=NCC(C)N1CCOCC1C)N1CCc2ccccc2C1. The van der Waals surface area contributed by atoms with Crippen molar-refractivity contribution in [2.45, 2.75) is 45.8 Å². The maximum atomic E-state index is 5.56. The molecule has 1 aromatic rings. The first-order chi connectivity index (χ1) is 12.2. The Morgan fingerprint density at radius 3 is 2.88 bits per heavy atom. The molecule has 1 N–H and O–H groups in total. The number of nitrogens with zero attached hydrogens (tertiary/aromatic N) is 3. The van der Waals surface area contributed by atoms with Crippen LogP contribution < -0.4 is 5.32 Å². The molecule has 25 heavy (non-hydrogen) atoms. The van der Waals surface area contributed by atoms with Gasteiger partial charge in [-0.3, -0.25) is 9.89 Å². The van der Waals surface area contributed by atoms with E-state index in [-0.39, 0.29) is 0 Å². The molecule has 0 aliphatic carbocycles. The van der Waals surface area contributed by atoms with Gasteiger partial charge in [-0.1, -0.05) is 24.3 Å². The topological polar surface area (TPSA) is 40.1 Å². The first-order valence-corrected chi connectivity index (χ1v) is 9.62. The summed E-state index contributed by atoms with van der Waals surface area (Å²) in [6.45, 7) is 13.0. The van der Waals surface area contributed by atoms with Gasteiger partial charge in [-0.15, -0.1) is 0 Å². The van der Waals surface area contributed by atoms with Crippen molar-refractivity contribution in [3.8, 4) is 0 Å². The summed E-state index contributed by atoms with van der Waals surface area (Å²) in [7, 11) is 0. The normalized spacial score (nSPS) is 23.2. The molecular weight excluding hydrogens is 312 g/mol. The molecule has 1 aromatic carbocycles. The fourth-order valence-corrected chi connectivity index (χ4v) is 3.82. The summed E-state index contributed by atoms with van der Waals surface area (Å²) in [5, 5.41) is 3.49. The van der Waals surface area contributed by atoms with Crippen molar-refractivity contribution in [1.82, 2.24) is 15.1 Å². The number of aliphatic imine (C=N–C) groups is 1. The van der Waals surface area contributed by atoms with Gasteiger partial charge < -0.3 is 15.0 Å². The first kappa shape index (κ1) is 18.2. The van der Waals surface area contributed by atoms with Crippen LogP contribution in [-0.4, -0.2) is 67.2 Å². The number of guanidine groups is 1. The van der Waals surface area contributed by atoms with Crippen LogP contribution in [-0.2, 0) is 17.7 Å². The van der Waals surface area contributed by atoms with E-state index in [1.54, 1.807) is 0 Å². The summed E-state index contributed by atoms with van der Waals surface area (Å²) in [5.74, 6) is 1.05. The molecule has 138 valence electrons. The molecule has 0 amide bonds. The fourth-order valence-electron chi connectivity index (χ4n) is 3.82. The van der Waals surface area contributed by atoms with Crippen LogP contribution in [0.2, 0.25) is 0 Å². The van der Waals surface area contributed by atoms with Crippen LogP contribution >= 0.6 is 0 Å². The lowest BCUT2D eigenvalue weighted by Gasteiger charge is -2.37. The molecule has 2 aliphatic heterocycles. The van der Waals surface area contributed by atoms with Crippen LogP contribution in [0.3, 0.4) is 0 Å². The number of benzene rings is 1. The maximum Gasteiger partial charge on any atom is 0.194 e. The molecule has 0 radical (unpaired) electrons. The molecular formula is C20H32N4O. The second-order valence-corrected chi connectivity index (χ2v) is 7.15. The Morgan fingerprint density at radius 2 is 2.12 bits per heavy atom. The molecule has 1 saturated heterocycles. The second-order valence-electron chi connectivity index (χ2n) is 7.15. The summed E-state index contributed by atoms with van der Waals surface area (Å²) in [6.07, 6.45) is 1.09. The predicted octanol–water partition coefficient (Wildman–Crippen LogP) is 2.12. The monoisotopic (exact) mass is 344 g/mol. The minimum absolute atomic E-state index is 0.435. The summed E-state index contributed by atoms with van der Waals surface area (Å²) in [4.78, 5) is 9.87. The van der Waals surface area contributed by atoms with Crippen molar-refractivity contribution < 1.29 is 4.74 Å². The van der Waals surface area contributed by atoms with Gasteiger partial charge >= 0.3 is 0 Å². The number of ether oxygens (including phenoxy) is 1. The Balaban J connectivity index is 1.65. The van der Waals surface area contributed by atoms with E-state index in [4.69, 9.17) is 9.73 Å². The first-order valence-electron chi connectivity index (χ1n) is 9.62. The van der Waals surface area contributed by atoms with E-state index in [0.717, 1.165) is 58.3 Å². The third-order valence-electron chi connectivity index (χ3n) is 5.26. The molecule has 5 nitrogen and oxygen atoms in total. The minimum Gasteiger partial charge on any atom is -0.379 e. The highest BCUT2D eigenvalue weighted by molar-refractivity contribution is 5.80. The number of hydrogen-bond donors (Lipinski definition) is 1.